The molecule has 1 amide bonds. The molecule has 2 aromatic rings. The van der Waals surface area contributed by atoms with Crippen molar-refractivity contribution in [2.45, 2.75) is 66.3 Å². The molecule has 0 bridgehead atoms. The van der Waals surface area contributed by atoms with Gasteiger partial charge in [0.25, 0.3) is 5.91 Å². The number of benzene rings is 1. The molecule has 1 fully saturated rings. The minimum Gasteiger partial charge on any atom is -0.338 e. The number of piperazine rings is 1. The number of imidazole rings is 1. The van der Waals surface area contributed by atoms with Gasteiger partial charge in [-0.05, 0) is 75.3 Å². The first-order valence-electron chi connectivity index (χ1n) is 12.7. The maximum Gasteiger partial charge on any atom is 0.291 e. The van der Waals surface area contributed by atoms with E-state index in [1.807, 2.05) is 6.92 Å². The van der Waals surface area contributed by atoms with Gasteiger partial charge < -0.3 is 15.2 Å². The summed E-state index contributed by atoms with van der Waals surface area (Å²) in [7, 11) is 0. The number of nitrogens with one attached hydrogen (secondary N) is 2. The number of anilines is 1. The topological polar surface area (TPSA) is 64.3 Å². The molecular weight excluding hydrogens is 422 g/mol. The van der Waals surface area contributed by atoms with Crippen LogP contribution in [-0.2, 0) is 5.54 Å². The first-order chi connectivity index (χ1) is 16.1. The van der Waals surface area contributed by atoms with E-state index >= 15 is 0 Å². The van der Waals surface area contributed by atoms with E-state index < -0.39 is 0 Å². The first kappa shape index (κ1) is 24.7. The third-order valence-electron chi connectivity index (χ3n) is 7.82. The molecule has 0 saturated carbocycles. The Labute approximate surface area is 204 Å². The van der Waals surface area contributed by atoms with Crippen molar-refractivity contribution in [2.75, 3.05) is 38.0 Å². The Bertz CT molecular complexity index is 1060. The molecule has 2 N–H and O–H groups in total. The summed E-state index contributed by atoms with van der Waals surface area (Å²) in [6.45, 7) is 19.0. The molecule has 6 heteroatoms. The number of nitrogens with zero attached hydrogens (tertiary/aromatic N) is 3. The number of likely N-dealkylation sites (N-methyl/N-ethyl adjacent to an activating group) is 1. The molecule has 0 unspecified atom stereocenters. The molecule has 1 aliphatic carbocycles. The first-order valence-corrected chi connectivity index (χ1v) is 12.7. The molecule has 1 aliphatic heterocycles. The van der Waals surface area contributed by atoms with Crippen LogP contribution in [0.1, 0.15) is 81.3 Å². The minimum atomic E-state index is -0.200. The van der Waals surface area contributed by atoms with Crippen molar-refractivity contribution in [1.29, 1.82) is 0 Å². The highest BCUT2D eigenvalue weighted by Gasteiger charge is 2.32. The highest BCUT2D eigenvalue weighted by atomic mass is 16.2. The second-order valence-electron chi connectivity index (χ2n) is 11.2. The Balaban J connectivity index is 1.66. The number of rotatable bonds is 6. The van der Waals surface area contributed by atoms with E-state index in [-0.39, 0.29) is 11.4 Å². The lowest BCUT2D eigenvalue weighted by Crippen LogP contribution is -2.53. The number of hydrogen-bond acceptors (Lipinski definition) is 4. The van der Waals surface area contributed by atoms with Crippen LogP contribution in [0.5, 0.6) is 0 Å². The molecule has 4 rings (SSSR count). The molecule has 2 aliphatic rings. The lowest BCUT2D eigenvalue weighted by atomic mass is 9.76. The van der Waals surface area contributed by atoms with Crippen LogP contribution in [0.4, 0.5) is 5.69 Å². The Hall–Kier alpha value is -2.44. The Kier molecular flexibility index (Phi) is 7.02. The maximum absolute atomic E-state index is 12.9. The summed E-state index contributed by atoms with van der Waals surface area (Å²) in [5.74, 6) is 0.147. The van der Waals surface area contributed by atoms with E-state index in [1.165, 1.54) is 11.1 Å². The van der Waals surface area contributed by atoms with Gasteiger partial charge in [-0.1, -0.05) is 32.9 Å². The number of H-pyrrole nitrogens is 1. The summed E-state index contributed by atoms with van der Waals surface area (Å²) in [6, 6.07) is 6.59. The van der Waals surface area contributed by atoms with Crippen molar-refractivity contribution in [3.63, 3.8) is 0 Å². The largest absolute Gasteiger partial charge is 0.338 e. The molecule has 1 aromatic carbocycles. The predicted octanol–water partition coefficient (Wildman–Crippen LogP) is 5.44. The van der Waals surface area contributed by atoms with Crippen LogP contribution in [0.25, 0.3) is 5.57 Å². The SMILES string of the molecule is CCN1CCN(C(C)(C)c2ccc(NC(=O)c3ncc(C)[nH]3)c(C3=CCC(C)(C)CC3)c2)CC1. The van der Waals surface area contributed by atoms with E-state index in [1.54, 1.807) is 6.20 Å². The lowest BCUT2D eigenvalue weighted by molar-refractivity contribution is 0.0527. The molecule has 1 aromatic heterocycles. The van der Waals surface area contributed by atoms with Crippen molar-refractivity contribution < 1.29 is 4.79 Å². The molecule has 2 heterocycles. The Morgan fingerprint density at radius 1 is 1.21 bits per heavy atom. The van der Waals surface area contributed by atoms with Crippen LogP contribution in [0.15, 0.2) is 30.5 Å². The summed E-state index contributed by atoms with van der Waals surface area (Å²) in [5, 5.41) is 3.14. The highest BCUT2D eigenvalue weighted by molar-refractivity contribution is 6.03. The number of aromatic amines is 1. The number of allylic oxidation sites excluding steroid dienone is 2. The standard InChI is InChI=1S/C28H41N5O/c1-7-32-14-16-33(17-15-32)28(5,6)22-8-9-24(31-26(34)25-29-19-20(2)30-25)23(18-22)21-10-12-27(3,4)13-11-21/h8-10,18-19H,7,11-17H2,1-6H3,(H,29,30)(H,31,34). The van der Waals surface area contributed by atoms with Crippen LogP contribution >= 0.6 is 0 Å². The van der Waals surface area contributed by atoms with Crippen molar-refractivity contribution in [1.82, 2.24) is 19.8 Å². The van der Waals surface area contributed by atoms with Crippen LogP contribution in [0.2, 0.25) is 0 Å². The third-order valence-corrected chi connectivity index (χ3v) is 7.82. The number of carbonyl (C=O) groups is 1. The molecule has 0 atom stereocenters. The minimum absolute atomic E-state index is 0.0796. The van der Waals surface area contributed by atoms with E-state index in [9.17, 15) is 4.79 Å². The van der Waals surface area contributed by atoms with Gasteiger partial charge in [0, 0.05) is 54.9 Å². The zero-order valence-corrected chi connectivity index (χ0v) is 21.8. The summed E-state index contributed by atoms with van der Waals surface area (Å²) in [6.07, 6.45) is 7.29. The molecule has 34 heavy (non-hydrogen) atoms. The number of hydrogen-bond donors (Lipinski definition) is 2. The molecule has 0 radical (unpaired) electrons. The van der Waals surface area contributed by atoms with Gasteiger partial charge in [-0.15, -0.1) is 0 Å². The van der Waals surface area contributed by atoms with Crippen LogP contribution in [0, 0.1) is 12.3 Å². The van der Waals surface area contributed by atoms with Gasteiger partial charge in [0.05, 0.1) is 0 Å². The fraction of sp³-hybridized carbons (Fsp3) is 0.571. The van der Waals surface area contributed by atoms with Gasteiger partial charge in [-0.2, -0.15) is 0 Å². The monoisotopic (exact) mass is 463 g/mol. The summed E-state index contributed by atoms with van der Waals surface area (Å²) in [4.78, 5) is 25.3. The third kappa shape index (κ3) is 5.28. The summed E-state index contributed by atoms with van der Waals surface area (Å²) >= 11 is 0. The Morgan fingerprint density at radius 2 is 1.94 bits per heavy atom. The normalized spacial score (nSPS) is 19.6. The fourth-order valence-corrected chi connectivity index (χ4v) is 5.14. The summed E-state index contributed by atoms with van der Waals surface area (Å²) in [5.41, 5.74) is 5.76. The fourth-order valence-electron chi connectivity index (χ4n) is 5.14. The quantitative estimate of drug-likeness (QED) is 0.599. The highest BCUT2D eigenvalue weighted by Crippen LogP contribution is 2.41. The van der Waals surface area contributed by atoms with Crippen molar-refractivity contribution in [3.8, 4) is 0 Å². The van der Waals surface area contributed by atoms with Crippen molar-refractivity contribution >= 4 is 17.2 Å². The van der Waals surface area contributed by atoms with Crippen LogP contribution in [0.3, 0.4) is 0 Å². The lowest BCUT2D eigenvalue weighted by Gasteiger charge is -2.44. The second-order valence-corrected chi connectivity index (χ2v) is 11.2. The predicted molar refractivity (Wildman–Crippen MR) is 140 cm³/mol. The number of aromatic nitrogens is 2. The number of carbonyl (C=O) groups excluding carboxylic acids is 1. The zero-order valence-electron chi connectivity index (χ0n) is 21.8. The smallest absolute Gasteiger partial charge is 0.291 e. The molecule has 0 spiro atoms. The van der Waals surface area contributed by atoms with Gasteiger partial charge in [0.2, 0.25) is 0 Å². The molecule has 6 nitrogen and oxygen atoms in total. The van der Waals surface area contributed by atoms with E-state index in [4.69, 9.17) is 0 Å². The zero-order chi connectivity index (χ0) is 24.5. The number of aryl methyl sites for hydroxylation is 1. The van der Waals surface area contributed by atoms with Crippen molar-refractivity contribution in [3.05, 3.63) is 53.1 Å². The van der Waals surface area contributed by atoms with Gasteiger partial charge in [-0.25, -0.2) is 4.98 Å². The average Bonchev–Trinajstić information content (AvgIpc) is 3.26. The van der Waals surface area contributed by atoms with Crippen molar-refractivity contribution in [2.24, 2.45) is 5.41 Å². The van der Waals surface area contributed by atoms with Gasteiger partial charge >= 0.3 is 0 Å². The Morgan fingerprint density at radius 3 is 2.53 bits per heavy atom. The van der Waals surface area contributed by atoms with Gasteiger partial charge in [0.15, 0.2) is 5.82 Å². The average molecular weight is 464 g/mol. The second kappa shape index (κ2) is 9.67. The van der Waals surface area contributed by atoms with E-state index in [0.717, 1.165) is 68.9 Å². The van der Waals surface area contributed by atoms with Gasteiger partial charge in [-0.3, -0.25) is 9.69 Å². The molecule has 1 saturated heterocycles. The van der Waals surface area contributed by atoms with Gasteiger partial charge in [0.1, 0.15) is 0 Å². The molecule has 184 valence electrons. The van der Waals surface area contributed by atoms with E-state index in [2.05, 4.69) is 84.0 Å². The van der Waals surface area contributed by atoms with E-state index in [0.29, 0.717) is 11.2 Å². The van der Waals surface area contributed by atoms with Crippen LogP contribution in [-0.4, -0.2) is 58.4 Å². The number of amides is 1. The van der Waals surface area contributed by atoms with Crippen LogP contribution < -0.4 is 5.32 Å². The molecular formula is C28H41N5O. The summed E-state index contributed by atoms with van der Waals surface area (Å²) < 4.78 is 0. The maximum atomic E-state index is 12.9.